The van der Waals surface area contributed by atoms with E-state index in [-0.39, 0.29) is 17.8 Å². The first-order valence-electron chi connectivity index (χ1n) is 9.34. The summed E-state index contributed by atoms with van der Waals surface area (Å²) in [5.74, 6) is 1.18. The van der Waals surface area contributed by atoms with Crippen molar-refractivity contribution >= 4 is 17.6 Å². The van der Waals surface area contributed by atoms with Gasteiger partial charge in [0.05, 0.1) is 13.2 Å². The van der Waals surface area contributed by atoms with Crippen LogP contribution in [0.3, 0.4) is 0 Å². The SMILES string of the molecule is CCOc1ccc(-c2nnc(NC(=O)c3ccc(N(C)C)cc3)o2)cc1OCC. The fraction of sp³-hybridized carbons (Fsp3) is 0.286. The predicted octanol–water partition coefficient (Wildman–Crippen LogP) is 3.85. The van der Waals surface area contributed by atoms with Crippen LogP contribution in [0, 0.1) is 0 Å². The van der Waals surface area contributed by atoms with Crippen LogP contribution in [0.5, 0.6) is 11.5 Å². The van der Waals surface area contributed by atoms with Crippen molar-refractivity contribution in [3.05, 3.63) is 48.0 Å². The molecule has 3 aromatic rings. The average Bonchev–Trinajstić information content (AvgIpc) is 3.18. The van der Waals surface area contributed by atoms with Crippen LogP contribution in [0.25, 0.3) is 11.5 Å². The zero-order valence-corrected chi connectivity index (χ0v) is 16.9. The molecule has 0 saturated heterocycles. The van der Waals surface area contributed by atoms with Crippen LogP contribution in [-0.4, -0.2) is 43.4 Å². The first kappa shape index (κ1) is 20.2. The molecule has 152 valence electrons. The first-order valence-corrected chi connectivity index (χ1v) is 9.34. The van der Waals surface area contributed by atoms with Crippen LogP contribution in [0.1, 0.15) is 24.2 Å². The van der Waals surface area contributed by atoms with E-state index in [4.69, 9.17) is 13.9 Å². The van der Waals surface area contributed by atoms with Gasteiger partial charge in [-0.2, -0.15) is 0 Å². The number of carbonyl (C=O) groups is 1. The van der Waals surface area contributed by atoms with Crippen LogP contribution in [0.2, 0.25) is 0 Å². The topological polar surface area (TPSA) is 89.7 Å². The van der Waals surface area contributed by atoms with Crippen LogP contribution < -0.4 is 19.7 Å². The van der Waals surface area contributed by atoms with Gasteiger partial charge >= 0.3 is 6.01 Å². The highest BCUT2D eigenvalue weighted by molar-refractivity contribution is 6.03. The van der Waals surface area contributed by atoms with Gasteiger partial charge < -0.3 is 18.8 Å². The monoisotopic (exact) mass is 396 g/mol. The Bertz CT molecular complexity index is 967. The number of aromatic nitrogens is 2. The van der Waals surface area contributed by atoms with Gasteiger partial charge in [0.25, 0.3) is 5.91 Å². The molecule has 29 heavy (non-hydrogen) atoms. The maximum atomic E-state index is 12.4. The number of nitrogens with one attached hydrogen (secondary N) is 1. The second-order valence-corrected chi connectivity index (χ2v) is 6.34. The van der Waals surface area contributed by atoms with E-state index in [2.05, 4.69) is 15.5 Å². The molecule has 1 amide bonds. The third-order valence-electron chi connectivity index (χ3n) is 4.08. The summed E-state index contributed by atoms with van der Waals surface area (Å²) in [5, 5.41) is 10.5. The Morgan fingerprint density at radius 1 is 1.00 bits per heavy atom. The molecule has 0 unspecified atom stereocenters. The molecule has 1 heterocycles. The van der Waals surface area contributed by atoms with Gasteiger partial charge in [0.1, 0.15) is 0 Å². The fourth-order valence-electron chi connectivity index (χ4n) is 2.65. The molecule has 0 radical (unpaired) electrons. The lowest BCUT2D eigenvalue weighted by Gasteiger charge is -2.12. The van der Waals surface area contributed by atoms with E-state index in [0.717, 1.165) is 5.69 Å². The van der Waals surface area contributed by atoms with Crippen LogP contribution in [0.15, 0.2) is 46.9 Å². The number of anilines is 2. The van der Waals surface area contributed by atoms with Crippen LogP contribution in [0.4, 0.5) is 11.7 Å². The van der Waals surface area contributed by atoms with Gasteiger partial charge in [-0.1, -0.05) is 5.10 Å². The van der Waals surface area contributed by atoms with Gasteiger partial charge in [0.2, 0.25) is 5.89 Å². The Morgan fingerprint density at radius 3 is 2.34 bits per heavy atom. The number of carbonyl (C=O) groups excluding carboxylic acids is 1. The van der Waals surface area contributed by atoms with Gasteiger partial charge in [-0.15, -0.1) is 5.10 Å². The van der Waals surface area contributed by atoms with Crippen molar-refractivity contribution in [3.63, 3.8) is 0 Å². The highest BCUT2D eigenvalue weighted by Crippen LogP contribution is 2.32. The van der Waals surface area contributed by atoms with Crippen molar-refractivity contribution < 1.29 is 18.7 Å². The molecule has 1 N–H and O–H groups in total. The van der Waals surface area contributed by atoms with Crippen LogP contribution >= 0.6 is 0 Å². The van der Waals surface area contributed by atoms with Gasteiger partial charge in [0, 0.05) is 30.9 Å². The largest absolute Gasteiger partial charge is 0.490 e. The van der Waals surface area contributed by atoms with E-state index < -0.39 is 0 Å². The van der Waals surface area contributed by atoms with E-state index in [1.165, 1.54) is 0 Å². The van der Waals surface area contributed by atoms with E-state index in [1.54, 1.807) is 30.3 Å². The third kappa shape index (κ3) is 4.84. The molecule has 0 fully saturated rings. The normalized spacial score (nSPS) is 10.5. The van der Waals surface area contributed by atoms with Crippen molar-refractivity contribution in [2.24, 2.45) is 0 Å². The van der Waals surface area contributed by atoms with E-state index in [0.29, 0.717) is 35.8 Å². The second-order valence-electron chi connectivity index (χ2n) is 6.34. The Hall–Kier alpha value is -3.55. The van der Waals surface area contributed by atoms with Crippen molar-refractivity contribution in [2.75, 3.05) is 37.5 Å². The lowest BCUT2D eigenvalue weighted by atomic mass is 10.2. The molecule has 0 saturated carbocycles. The molecule has 2 aromatic carbocycles. The van der Waals surface area contributed by atoms with Crippen molar-refractivity contribution in [3.8, 4) is 23.0 Å². The van der Waals surface area contributed by atoms with Crippen LogP contribution in [-0.2, 0) is 0 Å². The van der Waals surface area contributed by atoms with Gasteiger partial charge in [-0.3, -0.25) is 10.1 Å². The highest BCUT2D eigenvalue weighted by atomic mass is 16.5. The first-order chi connectivity index (χ1) is 14.0. The average molecular weight is 396 g/mol. The molecule has 0 aliphatic heterocycles. The number of ether oxygens (including phenoxy) is 2. The minimum absolute atomic E-state index is 0.0218. The van der Waals surface area contributed by atoms with Gasteiger partial charge in [0.15, 0.2) is 11.5 Å². The lowest BCUT2D eigenvalue weighted by molar-refractivity contribution is 0.102. The number of amides is 1. The molecule has 0 aliphatic rings. The molecule has 0 bridgehead atoms. The predicted molar refractivity (Wildman–Crippen MR) is 111 cm³/mol. The zero-order valence-electron chi connectivity index (χ0n) is 16.9. The molecule has 0 aliphatic carbocycles. The summed E-state index contributed by atoms with van der Waals surface area (Å²) in [4.78, 5) is 14.4. The maximum Gasteiger partial charge on any atom is 0.322 e. The van der Waals surface area contributed by atoms with Crippen molar-refractivity contribution in [1.82, 2.24) is 10.2 Å². The number of benzene rings is 2. The molecular formula is C21H24N4O4. The fourth-order valence-corrected chi connectivity index (χ4v) is 2.65. The number of hydrogen-bond acceptors (Lipinski definition) is 7. The molecule has 0 spiro atoms. The Labute approximate surface area is 169 Å². The Balaban J connectivity index is 1.75. The highest BCUT2D eigenvalue weighted by Gasteiger charge is 2.15. The minimum atomic E-state index is -0.327. The van der Waals surface area contributed by atoms with E-state index >= 15 is 0 Å². The van der Waals surface area contributed by atoms with Gasteiger partial charge in [-0.25, -0.2) is 0 Å². The smallest absolute Gasteiger partial charge is 0.322 e. The number of hydrogen-bond donors (Lipinski definition) is 1. The summed E-state index contributed by atoms with van der Waals surface area (Å²) in [5.41, 5.74) is 2.16. The van der Waals surface area contributed by atoms with E-state index in [1.807, 2.05) is 45.0 Å². The Morgan fingerprint density at radius 2 is 1.69 bits per heavy atom. The van der Waals surface area contributed by atoms with Crippen molar-refractivity contribution in [2.45, 2.75) is 13.8 Å². The Kier molecular flexibility index (Phi) is 6.33. The molecule has 8 heteroatoms. The molecule has 1 aromatic heterocycles. The van der Waals surface area contributed by atoms with E-state index in [9.17, 15) is 4.79 Å². The zero-order chi connectivity index (χ0) is 20.8. The molecule has 0 atom stereocenters. The molecule has 8 nitrogen and oxygen atoms in total. The summed E-state index contributed by atoms with van der Waals surface area (Å²) >= 11 is 0. The lowest BCUT2D eigenvalue weighted by Crippen LogP contribution is -2.13. The minimum Gasteiger partial charge on any atom is -0.490 e. The summed E-state index contributed by atoms with van der Waals surface area (Å²) < 4.78 is 16.8. The number of rotatable bonds is 8. The summed E-state index contributed by atoms with van der Waals surface area (Å²) in [7, 11) is 3.87. The third-order valence-corrected chi connectivity index (χ3v) is 4.08. The second kappa shape index (κ2) is 9.09. The molecule has 3 rings (SSSR count). The quantitative estimate of drug-likeness (QED) is 0.618. The summed E-state index contributed by atoms with van der Waals surface area (Å²) in [6.07, 6.45) is 0. The standard InChI is InChI=1S/C21H24N4O4/c1-5-27-17-12-9-15(13-18(17)28-6-2)20-23-24-21(29-20)22-19(26)14-7-10-16(11-8-14)25(3)4/h7-13H,5-6H2,1-4H3,(H,22,24,26). The summed E-state index contributed by atoms with van der Waals surface area (Å²) in [6, 6.07) is 12.6. The molecular weight excluding hydrogens is 372 g/mol. The number of nitrogens with zero attached hydrogens (tertiary/aromatic N) is 3. The van der Waals surface area contributed by atoms with Gasteiger partial charge in [-0.05, 0) is 56.3 Å². The summed E-state index contributed by atoms with van der Waals surface area (Å²) in [6.45, 7) is 4.84. The maximum absolute atomic E-state index is 12.4. The van der Waals surface area contributed by atoms with Crippen molar-refractivity contribution in [1.29, 1.82) is 0 Å².